The summed E-state index contributed by atoms with van der Waals surface area (Å²) in [6.45, 7) is 6.48. The van der Waals surface area contributed by atoms with Gasteiger partial charge in [-0.1, -0.05) is 11.6 Å². The molecule has 1 aromatic rings. The van der Waals surface area contributed by atoms with Crippen LogP contribution in [0.15, 0.2) is 10.6 Å². The highest BCUT2D eigenvalue weighted by Gasteiger charge is 2.33. The van der Waals surface area contributed by atoms with Gasteiger partial charge in [0.2, 0.25) is 0 Å². The smallest absolute Gasteiger partial charge is 0.282 e. The van der Waals surface area contributed by atoms with E-state index in [2.05, 4.69) is 10.1 Å². The van der Waals surface area contributed by atoms with Crippen LogP contribution in [0.3, 0.4) is 0 Å². The third-order valence-electron chi connectivity index (χ3n) is 4.36. The number of aryl methyl sites for hydroxylation is 1. The summed E-state index contributed by atoms with van der Waals surface area (Å²) in [6, 6.07) is 1.93. The maximum atomic E-state index is 12.6. The van der Waals surface area contributed by atoms with Crippen molar-refractivity contribution in [3.8, 4) is 0 Å². The summed E-state index contributed by atoms with van der Waals surface area (Å²) >= 11 is 0. The molecule has 8 heteroatoms. The van der Waals surface area contributed by atoms with Crippen molar-refractivity contribution in [1.29, 1.82) is 0 Å². The van der Waals surface area contributed by atoms with Gasteiger partial charge < -0.3 is 4.52 Å². The summed E-state index contributed by atoms with van der Waals surface area (Å²) in [5, 5.41) is 3.88. The fourth-order valence-electron chi connectivity index (χ4n) is 3.09. The molecule has 2 fully saturated rings. The van der Waals surface area contributed by atoms with Gasteiger partial charge in [-0.2, -0.15) is 17.0 Å². The minimum Gasteiger partial charge on any atom is -0.360 e. The zero-order chi connectivity index (χ0) is 15.6. The van der Waals surface area contributed by atoms with Crippen LogP contribution in [0, 0.1) is 6.92 Å². The van der Waals surface area contributed by atoms with E-state index in [-0.39, 0.29) is 0 Å². The molecule has 0 aromatic carbocycles. The van der Waals surface area contributed by atoms with Crippen LogP contribution in [0.2, 0.25) is 0 Å². The van der Waals surface area contributed by atoms with Gasteiger partial charge in [-0.25, -0.2) is 0 Å². The zero-order valence-electron chi connectivity index (χ0n) is 13.1. The quantitative estimate of drug-likeness (QED) is 0.819. The molecule has 7 nitrogen and oxygen atoms in total. The second-order valence-electron chi connectivity index (χ2n) is 6.08. The topological polar surface area (TPSA) is 69.9 Å². The maximum Gasteiger partial charge on any atom is 0.282 e. The molecule has 3 heterocycles. The lowest BCUT2D eigenvalue weighted by atomic mass is 10.2. The van der Waals surface area contributed by atoms with Crippen molar-refractivity contribution >= 4 is 10.2 Å². The highest BCUT2D eigenvalue weighted by Crippen LogP contribution is 2.18. The first-order chi connectivity index (χ1) is 10.6. The van der Waals surface area contributed by atoms with Crippen LogP contribution in [0.4, 0.5) is 0 Å². The van der Waals surface area contributed by atoms with E-state index < -0.39 is 10.2 Å². The molecule has 2 saturated heterocycles. The van der Waals surface area contributed by atoms with Gasteiger partial charge >= 0.3 is 0 Å². The Morgan fingerprint density at radius 2 is 1.68 bits per heavy atom. The fraction of sp³-hybridized carbons (Fsp3) is 0.786. The van der Waals surface area contributed by atoms with Crippen molar-refractivity contribution in [2.75, 3.05) is 39.3 Å². The van der Waals surface area contributed by atoms with E-state index in [1.54, 1.807) is 8.61 Å². The minimum absolute atomic E-state index is 0.548. The molecule has 1 aromatic heterocycles. The molecule has 2 aliphatic heterocycles. The van der Waals surface area contributed by atoms with E-state index in [9.17, 15) is 8.42 Å². The monoisotopic (exact) mass is 328 g/mol. The molecule has 0 unspecified atom stereocenters. The van der Waals surface area contributed by atoms with Crippen molar-refractivity contribution < 1.29 is 12.9 Å². The Balaban J connectivity index is 1.54. The highest BCUT2D eigenvalue weighted by molar-refractivity contribution is 7.86. The molecule has 0 atom stereocenters. The molecule has 3 rings (SSSR count). The molecular formula is C14H24N4O3S. The summed E-state index contributed by atoms with van der Waals surface area (Å²) in [5.41, 5.74) is 0.876. The van der Waals surface area contributed by atoms with E-state index in [1.807, 2.05) is 13.0 Å². The molecule has 0 spiro atoms. The molecule has 0 saturated carbocycles. The molecule has 22 heavy (non-hydrogen) atoms. The fourth-order valence-corrected chi connectivity index (χ4v) is 4.76. The van der Waals surface area contributed by atoms with Crippen LogP contribution in [0.25, 0.3) is 0 Å². The molecule has 0 amide bonds. The lowest BCUT2D eigenvalue weighted by molar-refractivity contribution is 0.159. The lowest BCUT2D eigenvalue weighted by Crippen LogP contribution is -2.53. The van der Waals surface area contributed by atoms with Crippen LogP contribution in [0.5, 0.6) is 0 Å². The van der Waals surface area contributed by atoms with Gasteiger partial charge in [0.15, 0.2) is 5.76 Å². The predicted molar refractivity (Wildman–Crippen MR) is 82.4 cm³/mol. The molecule has 0 N–H and O–H groups in total. The largest absolute Gasteiger partial charge is 0.360 e. The summed E-state index contributed by atoms with van der Waals surface area (Å²) in [5.74, 6) is 0.838. The van der Waals surface area contributed by atoms with E-state index in [4.69, 9.17) is 4.52 Å². The number of nitrogens with zero attached hydrogens (tertiary/aromatic N) is 4. The highest BCUT2D eigenvalue weighted by atomic mass is 32.2. The Morgan fingerprint density at radius 1 is 1.05 bits per heavy atom. The van der Waals surface area contributed by atoms with Crippen LogP contribution < -0.4 is 0 Å². The average Bonchev–Trinajstić information content (AvgIpc) is 2.94. The number of hydrogen-bond donors (Lipinski definition) is 0. The molecule has 124 valence electrons. The van der Waals surface area contributed by atoms with Crippen molar-refractivity contribution in [3.63, 3.8) is 0 Å². The maximum absolute atomic E-state index is 12.6. The molecular weight excluding hydrogens is 304 g/mol. The first-order valence-electron chi connectivity index (χ1n) is 7.95. The standard InChI is InChI=1S/C14H24N4O3S/c1-13-11-14(21-15-13)12-16-7-9-18(10-8-16)22(19,20)17-5-3-2-4-6-17/h11H,2-10,12H2,1H3. The summed E-state index contributed by atoms with van der Waals surface area (Å²) in [4.78, 5) is 2.21. The first kappa shape index (κ1) is 15.9. The Labute approximate surface area is 132 Å². The summed E-state index contributed by atoms with van der Waals surface area (Å²) in [7, 11) is -3.27. The van der Waals surface area contributed by atoms with E-state index >= 15 is 0 Å². The average molecular weight is 328 g/mol. The van der Waals surface area contributed by atoms with Crippen LogP contribution in [-0.4, -0.2) is 66.4 Å². The third kappa shape index (κ3) is 3.51. The van der Waals surface area contributed by atoms with E-state index in [0.29, 0.717) is 32.7 Å². The lowest BCUT2D eigenvalue weighted by Gasteiger charge is -2.37. The SMILES string of the molecule is Cc1cc(CN2CCN(S(=O)(=O)N3CCCCC3)CC2)on1. The van der Waals surface area contributed by atoms with Crippen molar-refractivity contribution in [2.24, 2.45) is 0 Å². The number of piperidine rings is 1. The van der Waals surface area contributed by atoms with Gasteiger partial charge in [0.05, 0.1) is 12.2 Å². The van der Waals surface area contributed by atoms with Gasteiger partial charge in [-0.3, -0.25) is 4.90 Å². The second-order valence-corrected chi connectivity index (χ2v) is 8.01. The Hall–Kier alpha value is -0.960. The predicted octanol–water partition coefficient (Wildman–Crippen LogP) is 0.831. The normalized spacial score (nSPS) is 23.0. The Morgan fingerprint density at radius 3 is 2.27 bits per heavy atom. The van der Waals surface area contributed by atoms with Crippen molar-refractivity contribution in [1.82, 2.24) is 18.7 Å². The second kappa shape index (κ2) is 6.66. The third-order valence-corrected chi connectivity index (χ3v) is 6.39. The van der Waals surface area contributed by atoms with Gasteiger partial charge in [-0.05, 0) is 19.8 Å². The molecule has 0 bridgehead atoms. The molecule has 0 radical (unpaired) electrons. The van der Waals surface area contributed by atoms with E-state index in [1.165, 1.54) is 0 Å². The number of rotatable bonds is 4. The Bertz CT molecular complexity index is 587. The molecule has 2 aliphatic rings. The van der Waals surface area contributed by atoms with Crippen LogP contribution in [-0.2, 0) is 16.8 Å². The molecule has 0 aliphatic carbocycles. The van der Waals surface area contributed by atoms with Gasteiger partial charge in [0.1, 0.15) is 0 Å². The number of aromatic nitrogens is 1. The van der Waals surface area contributed by atoms with Crippen LogP contribution >= 0.6 is 0 Å². The van der Waals surface area contributed by atoms with E-state index in [0.717, 1.165) is 43.8 Å². The summed E-state index contributed by atoms with van der Waals surface area (Å²) in [6.07, 6.45) is 3.09. The van der Waals surface area contributed by atoms with Crippen molar-refractivity contribution in [2.45, 2.75) is 32.7 Å². The number of piperazine rings is 1. The Kier molecular flexibility index (Phi) is 4.82. The minimum atomic E-state index is -3.27. The van der Waals surface area contributed by atoms with Crippen molar-refractivity contribution in [3.05, 3.63) is 17.5 Å². The summed E-state index contributed by atoms with van der Waals surface area (Å²) < 4.78 is 33.7. The number of hydrogen-bond acceptors (Lipinski definition) is 5. The zero-order valence-corrected chi connectivity index (χ0v) is 13.9. The van der Waals surface area contributed by atoms with Gasteiger partial charge in [-0.15, -0.1) is 0 Å². The van der Waals surface area contributed by atoms with Gasteiger partial charge in [0.25, 0.3) is 10.2 Å². The first-order valence-corrected chi connectivity index (χ1v) is 9.35. The van der Waals surface area contributed by atoms with Gasteiger partial charge in [0, 0.05) is 45.3 Å². The van der Waals surface area contributed by atoms with Crippen LogP contribution in [0.1, 0.15) is 30.7 Å².